The molecule has 4 atom stereocenters. The van der Waals surface area contributed by atoms with Crippen molar-refractivity contribution in [2.24, 2.45) is 0 Å². The largest absolute Gasteiger partial charge is 0.462 e. The molecular formula is C29H29F9N8O2. The number of ether oxygens (including phenoxy) is 2. The second-order valence-electron chi connectivity index (χ2n) is 12.7. The molecule has 0 aliphatic carbocycles. The number of nitrogens with zero attached hydrogens (tertiary/aromatic N) is 6. The van der Waals surface area contributed by atoms with Gasteiger partial charge in [-0.15, -0.1) is 0 Å². The highest BCUT2D eigenvalue weighted by atomic mass is 19.4. The fourth-order valence-corrected chi connectivity index (χ4v) is 7.25. The number of hydrogen-bond donors (Lipinski definition) is 2. The molecule has 260 valence electrons. The summed E-state index contributed by atoms with van der Waals surface area (Å²) in [7, 11) is 0. The number of nitrogen functional groups attached to an aromatic ring is 1. The van der Waals surface area contributed by atoms with Gasteiger partial charge in [0, 0.05) is 37.7 Å². The van der Waals surface area contributed by atoms with Crippen molar-refractivity contribution in [3.63, 3.8) is 0 Å². The molecule has 0 amide bonds. The smallest absolute Gasteiger partial charge is 0.427 e. The molecule has 3 aromatic rings. The molecule has 3 N–H and O–H groups in total. The predicted octanol–water partition coefficient (Wildman–Crippen LogP) is 4.88. The van der Waals surface area contributed by atoms with Crippen molar-refractivity contribution in [1.29, 1.82) is 0 Å². The molecule has 3 fully saturated rings. The lowest BCUT2D eigenvalue weighted by Crippen LogP contribution is -2.64. The number of pyridine rings is 2. The molecule has 4 aliphatic rings. The van der Waals surface area contributed by atoms with Crippen LogP contribution in [0, 0.1) is 12.7 Å². The van der Waals surface area contributed by atoms with Crippen LogP contribution in [0.1, 0.15) is 37.4 Å². The van der Waals surface area contributed by atoms with Gasteiger partial charge in [-0.1, -0.05) is 6.92 Å². The first kappa shape index (κ1) is 32.7. The first-order chi connectivity index (χ1) is 22.4. The van der Waals surface area contributed by atoms with Gasteiger partial charge < -0.3 is 25.4 Å². The zero-order valence-corrected chi connectivity index (χ0v) is 25.4. The van der Waals surface area contributed by atoms with Crippen molar-refractivity contribution in [3.8, 4) is 23.1 Å². The van der Waals surface area contributed by atoms with Gasteiger partial charge in [-0.25, -0.2) is 23.1 Å². The molecular weight excluding hydrogens is 663 g/mol. The average molecular weight is 693 g/mol. The summed E-state index contributed by atoms with van der Waals surface area (Å²) in [6.45, 7) is 2.06. The summed E-state index contributed by atoms with van der Waals surface area (Å²) in [5.74, 6) is -5.96. The van der Waals surface area contributed by atoms with E-state index in [9.17, 15) is 35.1 Å². The number of aromatic nitrogens is 4. The SMILES string of the molecule is CC[C@@H]1CN2c3nc(OC[C@]45CCN4CC(F)(F)C5)nc4c(F)c(-c5cc(N)nc(C)c5C(F)(F)F)nc(c34)O[C@@H](C(F)(F)F)[C@@H]2CN1. The van der Waals surface area contributed by atoms with E-state index in [-0.39, 0.29) is 31.6 Å². The number of nitrogens with one attached hydrogen (secondary N) is 1. The Morgan fingerprint density at radius 2 is 1.88 bits per heavy atom. The Morgan fingerprint density at radius 3 is 2.50 bits per heavy atom. The number of halogens is 9. The minimum absolute atomic E-state index is 0.0479. The summed E-state index contributed by atoms with van der Waals surface area (Å²) in [5.41, 5.74) is -0.0439. The number of hydrogen-bond acceptors (Lipinski definition) is 10. The van der Waals surface area contributed by atoms with Crippen molar-refractivity contribution >= 4 is 22.5 Å². The van der Waals surface area contributed by atoms with Crippen molar-refractivity contribution < 1.29 is 49.0 Å². The molecule has 4 aliphatic heterocycles. The molecule has 7 heterocycles. The van der Waals surface area contributed by atoms with Gasteiger partial charge in [0.15, 0.2) is 5.82 Å². The Kier molecular flexibility index (Phi) is 7.36. The van der Waals surface area contributed by atoms with Gasteiger partial charge in [-0.3, -0.25) is 4.90 Å². The Balaban J connectivity index is 1.45. The molecule has 0 saturated carbocycles. The quantitative estimate of drug-likeness (QED) is 0.359. The van der Waals surface area contributed by atoms with Gasteiger partial charge in [-0.2, -0.15) is 36.3 Å². The van der Waals surface area contributed by atoms with Crippen LogP contribution in [0.25, 0.3) is 22.2 Å². The van der Waals surface area contributed by atoms with Crippen LogP contribution < -0.4 is 25.4 Å². The second kappa shape index (κ2) is 10.8. The van der Waals surface area contributed by atoms with Crippen molar-refractivity contribution in [2.45, 2.75) is 75.1 Å². The van der Waals surface area contributed by atoms with Crippen LogP contribution in [-0.4, -0.2) is 93.4 Å². The van der Waals surface area contributed by atoms with Crippen LogP contribution in [0.3, 0.4) is 0 Å². The topological polar surface area (TPSA) is 115 Å². The van der Waals surface area contributed by atoms with Gasteiger partial charge in [0.25, 0.3) is 5.92 Å². The fraction of sp³-hybridized carbons (Fsp3) is 0.586. The molecule has 0 spiro atoms. The van der Waals surface area contributed by atoms with Crippen LogP contribution in [0.15, 0.2) is 6.07 Å². The Hall–Kier alpha value is -3.87. The van der Waals surface area contributed by atoms with Gasteiger partial charge in [0.1, 0.15) is 34.8 Å². The molecule has 0 unspecified atom stereocenters. The highest BCUT2D eigenvalue weighted by Gasteiger charge is 2.60. The Labute approximate surface area is 266 Å². The normalized spacial score (nSPS) is 26.8. The maximum Gasteiger partial charge on any atom is 0.427 e. The van der Waals surface area contributed by atoms with Gasteiger partial charge >= 0.3 is 18.4 Å². The number of nitrogens with two attached hydrogens (primary N) is 1. The molecule has 0 aromatic carbocycles. The highest BCUT2D eigenvalue weighted by Crippen LogP contribution is 2.49. The van der Waals surface area contributed by atoms with Gasteiger partial charge in [0.05, 0.1) is 29.4 Å². The minimum atomic E-state index is -5.10. The van der Waals surface area contributed by atoms with Crippen molar-refractivity contribution in [3.05, 3.63) is 23.1 Å². The maximum absolute atomic E-state index is 16.7. The summed E-state index contributed by atoms with van der Waals surface area (Å²) in [6.07, 6.45) is -12.4. The minimum Gasteiger partial charge on any atom is -0.462 e. The molecule has 0 radical (unpaired) electrons. The Morgan fingerprint density at radius 1 is 1.12 bits per heavy atom. The lowest BCUT2D eigenvalue weighted by molar-refractivity contribution is -0.201. The summed E-state index contributed by atoms with van der Waals surface area (Å²) < 4.78 is 143. The summed E-state index contributed by atoms with van der Waals surface area (Å²) >= 11 is 0. The number of anilines is 2. The first-order valence-electron chi connectivity index (χ1n) is 15.2. The maximum atomic E-state index is 16.7. The van der Waals surface area contributed by atoms with Crippen LogP contribution in [0.5, 0.6) is 11.9 Å². The number of fused-ring (bicyclic) bond motifs is 3. The van der Waals surface area contributed by atoms with E-state index in [0.29, 0.717) is 25.5 Å². The van der Waals surface area contributed by atoms with E-state index in [2.05, 4.69) is 25.3 Å². The molecule has 10 nitrogen and oxygen atoms in total. The molecule has 19 heteroatoms. The molecule has 48 heavy (non-hydrogen) atoms. The zero-order chi connectivity index (χ0) is 34.6. The van der Waals surface area contributed by atoms with Crippen molar-refractivity contribution in [1.82, 2.24) is 30.2 Å². The standard InChI is InChI=1S/C29H29F9N8O2/c1-3-13-8-46-15(7-40-13)22(29(36,37)38)48-24-17-21(19(30)20(42-24)14-6-16(39)41-12(2)18(14)28(33,34)35)43-25(44-23(17)46)47-11-26-4-5-45(26)10-27(31,32)9-26/h6,13,15,22,40H,3-5,7-11H2,1-2H3,(H2,39,41)/t13-,15+,22-,26-/m1/s1. The number of rotatable bonds is 5. The third-order valence-corrected chi connectivity index (χ3v) is 9.58. The monoisotopic (exact) mass is 692 g/mol. The molecule has 0 bridgehead atoms. The van der Waals surface area contributed by atoms with E-state index in [1.807, 2.05) is 0 Å². The average Bonchev–Trinajstić information content (AvgIpc) is 3.08. The van der Waals surface area contributed by atoms with Gasteiger partial charge in [-0.05, 0) is 25.8 Å². The Bertz CT molecular complexity index is 1790. The molecule has 7 rings (SSSR count). The zero-order valence-electron chi connectivity index (χ0n) is 25.4. The van der Waals surface area contributed by atoms with E-state index in [4.69, 9.17) is 15.2 Å². The summed E-state index contributed by atoms with van der Waals surface area (Å²) in [5, 5.41) is 2.61. The lowest BCUT2D eigenvalue weighted by atomic mass is 9.85. The number of aryl methyl sites for hydroxylation is 1. The highest BCUT2D eigenvalue weighted by molar-refractivity contribution is 5.97. The molecule has 3 aromatic heterocycles. The van der Waals surface area contributed by atoms with Gasteiger partial charge in [0.2, 0.25) is 12.0 Å². The number of alkyl halides is 8. The fourth-order valence-electron chi connectivity index (χ4n) is 7.25. The molecule has 3 saturated heterocycles. The van der Waals surface area contributed by atoms with E-state index >= 15 is 4.39 Å². The lowest BCUT2D eigenvalue weighted by Gasteiger charge is -2.46. The van der Waals surface area contributed by atoms with E-state index in [1.165, 1.54) is 4.90 Å². The second-order valence-corrected chi connectivity index (χ2v) is 12.7. The summed E-state index contributed by atoms with van der Waals surface area (Å²) in [6, 6.07) is -1.66. The summed E-state index contributed by atoms with van der Waals surface area (Å²) in [4.78, 5) is 18.8. The van der Waals surface area contributed by atoms with E-state index in [0.717, 1.165) is 6.92 Å². The predicted molar refractivity (Wildman–Crippen MR) is 152 cm³/mol. The van der Waals surface area contributed by atoms with Crippen LogP contribution in [-0.2, 0) is 6.18 Å². The third kappa shape index (κ3) is 5.28. The third-order valence-electron chi connectivity index (χ3n) is 9.58. The first-order valence-corrected chi connectivity index (χ1v) is 15.2. The van der Waals surface area contributed by atoms with E-state index < -0.39 is 106 Å². The van der Waals surface area contributed by atoms with Crippen molar-refractivity contribution in [2.75, 3.05) is 43.4 Å². The van der Waals surface area contributed by atoms with Crippen LogP contribution in [0.4, 0.5) is 51.1 Å². The van der Waals surface area contributed by atoms with Crippen LogP contribution in [0.2, 0.25) is 0 Å². The number of piperazine rings is 1. The van der Waals surface area contributed by atoms with Crippen LogP contribution >= 0.6 is 0 Å². The van der Waals surface area contributed by atoms with E-state index in [1.54, 1.807) is 11.8 Å².